The van der Waals surface area contributed by atoms with Crippen molar-refractivity contribution in [3.8, 4) is 11.1 Å². The number of aryl methyl sites for hydroxylation is 1. The molecule has 0 radical (unpaired) electrons. The number of hydrogen-bond donors (Lipinski definition) is 0. The van der Waals surface area contributed by atoms with Gasteiger partial charge in [-0.15, -0.1) is 11.3 Å². The number of rotatable bonds is 4. The summed E-state index contributed by atoms with van der Waals surface area (Å²) in [5.74, 6) is -1.07. The Kier molecular flexibility index (Phi) is 4.49. The third kappa shape index (κ3) is 2.85. The number of hydrogen-bond acceptors (Lipinski definition) is 5. The van der Waals surface area contributed by atoms with E-state index in [1.54, 1.807) is 12.3 Å². The van der Waals surface area contributed by atoms with Gasteiger partial charge in [0.25, 0.3) is 0 Å². The molecular formula is C18H17NO4S. The van der Waals surface area contributed by atoms with Gasteiger partial charge < -0.3 is 4.74 Å². The Hall–Kier alpha value is -2.47. The van der Waals surface area contributed by atoms with E-state index >= 15 is 0 Å². The largest absolute Gasteiger partial charge is 0.462 e. The number of nitrogens with zero attached hydrogens (tertiary/aromatic N) is 1. The van der Waals surface area contributed by atoms with Crippen LogP contribution in [0, 0.1) is 6.92 Å². The SMILES string of the molecule is CCOC(=O)c1c(-c2ccc(C)cc2)csc1N1C(=O)CCC1=O. The minimum Gasteiger partial charge on any atom is -0.462 e. The summed E-state index contributed by atoms with van der Waals surface area (Å²) < 4.78 is 5.16. The number of imide groups is 1. The van der Waals surface area contributed by atoms with Gasteiger partial charge >= 0.3 is 5.97 Å². The number of anilines is 1. The van der Waals surface area contributed by atoms with E-state index in [1.807, 2.05) is 31.2 Å². The van der Waals surface area contributed by atoms with Crippen molar-refractivity contribution in [2.24, 2.45) is 0 Å². The number of benzene rings is 1. The Labute approximate surface area is 143 Å². The summed E-state index contributed by atoms with van der Waals surface area (Å²) in [7, 11) is 0. The number of thiophene rings is 1. The van der Waals surface area contributed by atoms with Gasteiger partial charge in [-0.3, -0.25) is 9.59 Å². The van der Waals surface area contributed by atoms with Crippen LogP contribution in [0.2, 0.25) is 0 Å². The standard InChI is InChI=1S/C18H17NO4S/c1-3-23-18(22)16-13(12-6-4-11(2)5-7-12)10-24-17(16)19-14(20)8-9-15(19)21/h4-7,10H,3,8-9H2,1-2H3. The summed E-state index contributed by atoms with van der Waals surface area (Å²) in [4.78, 5) is 37.7. The van der Waals surface area contributed by atoms with Crippen molar-refractivity contribution in [3.63, 3.8) is 0 Å². The minimum absolute atomic E-state index is 0.179. The van der Waals surface area contributed by atoms with Gasteiger partial charge in [0.2, 0.25) is 11.8 Å². The van der Waals surface area contributed by atoms with Crippen molar-refractivity contribution in [2.45, 2.75) is 26.7 Å². The van der Waals surface area contributed by atoms with Crippen molar-refractivity contribution >= 4 is 34.1 Å². The van der Waals surface area contributed by atoms with Gasteiger partial charge in [0, 0.05) is 23.8 Å². The van der Waals surface area contributed by atoms with Crippen LogP contribution in [0.15, 0.2) is 29.6 Å². The number of esters is 1. The van der Waals surface area contributed by atoms with Crippen molar-refractivity contribution in [1.29, 1.82) is 0 Å². The van der Waals surface area contributed by atoms with Crippen LogP contribution in [-0.2, 0) is 14.3 Å². The van der Waals surface area contributed by atoms with Gasteiger partial charge in [-0.1, -0.05) is 29.8 Å². The quantitative estimate of drug-likeness (QED) is 0.629. The first-order valence-corrected chi connectivity index (χ1v) is 8.62. The van der Waals surface area contributed by atoms with Crippen LogP contribution in [0.3, 0.4) is 0 Å². The highest BCUT2D eigenvalue weighted by atomic mass is 32.1. The van der Waals surface area contributed by atoms with Crippen LogP contribution in [0.4, 0.5) is 5.00 Å². The highest BCUT2D eigenvalue weighted by molar-refractivity contribution is 7.15. The summed E-state index contributed by atoms with van der Waals surface area (Å²) in [5.41, 5.74) is 2.93. The van der Waals surface area contributed by atoms with E-state index in [1.165, 1.54) is 11.3 Å². The van der Waals surface area contributed by atoms with Crippen LogP contribution in [-0.4, -0.2) is 24.4 Å². The molecule has 5 nitrogen and oxygen atoms in total. The molecule has 1 aromatic carbocycles. The first-order chi connectivity index (χ1) is 11.5. The van der Waals surface area contributed by atoms with E-state index in [9.17, 15) is 14.4 Å². The van der Waals surface area contributed by atoms with Gasteiger partial charge in [-0.2, -0.15) is 0 Å². The maximum atomic E-state index is 12.5. The summed E-state index contributed by atoms with van der Waals surface area (Å²) in [6.45, 7) is 3.93. The zero-order valence-electron chi connectivity index (χ0n) is 13.5. The van der Waals surface area contributed by atoms with Crippen LogP contribution in [0.1, 0.15) is 35.7 Å². The molecule has 0 N–H and O–H groups in total. The minimum atomic E-state index is -0.517. The lowest BCUT2D eigenvalue weighted by Gasteiger charge is -2.14. The van der Waals surface area contributed by atoms with E-state index in [4.69, 9.17) is 4.74 Å². The molecule has 0 spiro atoms. The second kappa shape index (κ2) is 6.57. The average Bonchev–Trinajstić information content (AvgIpc) is 3.12. The number of carbonyl (C=O) groups is 3. The lowest BCUT2D eigenvalue weighted by atomic mass is 10.0. The Morgan fingerprint density at radius 1 is 1.17 bits per heavy atom. The molecule has 1 fully saturated rings. The third-order valence-corrected chi connectivity index (χ3v) is 4.83. The molecule has 1 aromatic heterocycles. The van der Waals surface area contributed by atoms with Crippen LogP contribution in [0.5, 0.6) is 0 Å². The van der Waals surface area contributed by atoms with Crippen molar-refractivity contribution in [1.82, 2.24) is 0 Å². The molecule has 1 aliphatic heterocycles. The maximum absolute atomic E-state index is 12.5. The van der Waals surface area contributed by atoms with Gasteiger partial charge in [-0.05, 0) is 19.4 Å². The third-order valence-electron chi connectivity index (χ3n) is 3.87. The van der Waals surface area contributed by atoms with E-state index in [0.717, 1.165) is 16.0 Å². The zero-order valence-corrected chi connectivity index (χ0v) is 14.3. The van der Waals surface area contributed by atoms with E-state index in [0.29, 0.717) is 10.6 Å². The first-order valence-electron chi connectivity index (χ1n) is 7.74. The molecule has 0 aliphatic carbocycles. The van der Waals surface area contributed by atoms with Gasteiger partial charge in [0.15, 0.2) is 0 Å². The van der Waals surface area contributed by atoms with E-state index in [-0.39, 0.29) is 36.8 Å². The Morgan fingerprint density at radius 2 is 1.79 bits per heavy atom. The van der Waals surface area contributed by atoms with E-state index < -0.39 is 5.97 Å². The normalized spacial score (nSPS) is 14.3. The Balaban J connectivity index is 2.13. The lowest BCUT2D eigenvalue weighted by Crippen LogP contribution is -2.29. The highest BCUT2D eigenvalue weighted by Crippen LogP contribution is 2.40. The van der Waals surface area contributed by atoms with Gasteiger partial charge in [0.05, 0.1) is 6.61 Å². The predicted octanol–water partition coefficient (Wildman–Crippen LogP) is 3.55. The second-order valence-corrected chi connectivity index (χ2v) is 6.40. The molecule has 2 aromatic rings. The summed E-state index contributed by atoms with van der Waals surface area (Å²) >= 11 is 1.22. The molecule has 0 saturated carbocycles. The molecule has 0 unspecified atom stereocenters. The van der Waals surface area contributed by atoms with Crippen LogP contribution in [0.25, 0.3) is 11.1 Å². The fourth-order valence-electron chi connectivity index (χ4n) is 2.66. The fraction of sp³-hybridized carbons (Fsp3) is 0.278. The van der Waals surface area contributed by atoms with Crippen molar-refractivity contribution < 1.29 is 19.1 Å². The molecule has 24 heavy (non-hydrogen) atoms. The zero-order chi connectivity index (χ0) is 17.3. The van der Waals surface area contributed by atoms with Gasteiger partial charge in [-0.25, -0.2) is 9.69 Å². The predicted molar refractivity (Wildman–Crippen MR) is 92.2 cm³/mol. The molecule has 0 bridgehead atoms. The average molecular weight is 343 g/mol. The van der Waals surface area contributed by atoms with Crippen LogP contribution < -0.4 is 4.90 Å². The Bertz CT molecular complexity index is 791. The lowest BCUT2D eigenvalue weighted by molar-refractivity contribution is -0.121. The second-order valence-electron chi connectivity index (χ2n) is 5.54. The topological polar surface area (TPSA) is 63.7 Å². The molecule has 124 valence electrons. The molecule has 0 atom stereocenters. The first kappa shape index (κ1) is 16.4. The smallest absolute Gasteiger partial charge is 0.341 e. The monoisotopic (exact) mass is 343 g/mol. The molecule has 6 heteroatoms. The van der Waals surface area contributed by atoms with Crippen molar-refractivity contribution in [3.05, 3.63) is 40.8 Å². The number of ether oxygens (including phenoxy) is 1. The Morgan fingerprint density at radius 3 is 2.38 bits per heavy atom. The number of amides is 2. The molecule has 1 aliphatic rings. The summed E-state index contributed by atoms with van der Waals surface area (Å²) in [6.07, 6.45) is 0.359. The van der Waals surface area contributed by atoms with Gasteiger partial charge in [0.1, 0.15) is 10.6 Å². The molecule has 2 amide bonds. The van der Waals surface area contributed by atoms with E-state index in [2.05, 4.69) is 0 Å². The number of carbonyl (C=O) groups excluding carboxylic acids is 3. The summed E-state index contributed by atoms with van der Waals surface area (Å²) in [5, 5.41) is 2.15. The maximum Gasteiger partial charge on any atom is 0.341 e. The fourth-order valence-corrected chi connectivity index (χ4v) is 3.77. The van der Waals surface area contributed by atoms with Crippen LogP contribution >= 0.6 is 11.3 Å². The molecular weight excluding hydrogens is 326 g/mol. The molecule has 3 rings (SSSR count). The summed E-state index contributed by atoms with van der Waals surface area (Å²) in [6, 6.07) is 7.73. The highest BCUT2D eigenvalue weighted by Gasteiger charge is 2.36. The van der Waals surface area contributed by atoms with Crippen molar-refractivity contribution in [2.75, 3.05) is 11.5 Å². The molecule has 1 saturated heterocycles. The molecule has 2 heterocycles.